The number of aliphatic imine (C=N–C) groups is 1. The van der Waals surface area contributed by atoms with Crippen molar-refractivity contribution >= 4 is 57.5 Å². The fraction of sp³-hybridized carbons (Fsp3) is 0.294. The van der Waals surface area contributed by atoms with Crippen LogP contribution in [-0.4, -0.2) is 24.0 Å². The lowest BCUT2D eigenvalue weighted by Gasteiger charge is -2.11. The van der Waals surface area contributed by atoms with Gasteiger partial charge in [0, 0.05) is 29.3 Å². The van der Waals surface area contributed by atoms with Crippen molar-refractivity contribution in [1.82, 2.24) is 15.6 Å². The lowest BCUT2D eigenvalue weighted by molar-refractivity contribution is 0.610. The van der Waals surface area contributed by atoms with Gasteiger partial charge in [0.25, 0.3) is 0 Å². The van der Waals surface area contributed by atoms with Crippen LogP contribution in [0.1, 0.15) is 18.1 Å². The summed E-state index contributed by atoms with van der Waals surface area (Å²) in [6.45, 7) is 3.68. The van der Waals surface area contributed by atoms with Gasteiger partial charge >= 0.3 is 0 Å². The quantitative estimate of drug-likeness (QED) is 0.244. The monoisotopic (exact) mass is 540 g/mol. The van der Waals surface area contributed by atoms with Crippen molar-refractivity contribution in [2.24, 2.45) is 4.99 Å². The van der Waals surface area contributed by atoms with Gasteiger partial charge in [0.1, 0.15) is 11.0 Å². The predicted octanol–water partition coefficient (Wildman–Crippen LogP) is 4.55. The van der Waals surface area contributed by atoms with Crippen molar-refractivity contribution in [2.75, 3.05) is 13.1 Å². The molecule has 0 amide bonds. The molecule has 0 unspecified atom stereocenters. The smallest absolute Gasteiger partial charge is 0.191 e. The maximum absolute atomic E-state index is 13.8. The summed E-state index contributed by atoms with van der Waals surface area (Å²) in [4.78, 5) is 8.48. The molecular formula is C17H20BrClFIN4. The second kappa shape index (κ2) is 11.6. The summed E-state index contributed by atoms with van der Waals surface area (Å²) in [6, 6.07) is 8.56. The highest BCUT2D eigenvalue weighted by molar-refractivity contribution is 14.0. The van der Waals surface area contributed by atoms with E-state index in [2.05, 4.69) is 36.5 Å². The van der Waals surface area contributed by atoms with Crippen molar-refractivity contribution in [3.63, 3.8) is 0 Å². The maximum atomic E-state index is 13.8. The summed E-state index contributed by atoms with van der Waals surface area (Å²) in [6.07, 6.45) is 2.55. The molecule has 0 atom stereocenters. The summed E-state index contributed by atoms with van der Waals surface area (Å²) in [5, 5.41) is 6.87. The van der Waals surface area contributed by atoms with Gasteiger partial charge in [-0.2, -0.15) is 0 Å². The third-order valence-corrected chi connectivity index (χ3v) is 3.97. The molecule has 1 aromatic heterocycles. The van der Waals surface area contributed by atoms with E-state index in [9.17, 15) is 4.39 Å². The van der Waals surface area contributed by atoms with Crippen molar-refractivity contribution in [2.45, 2.75) is 19.9 Å². The molecule has 0 bridgehead atoms. The number of hydrogen-bond acceptors (Lipinski definition) is 2. The molecule has 0 aliphatic rings. The number of guanidine groups is 1. The lowest BCUT2D eigenvalue weighted by atomic mass is 10.2. The number of rotatable bonds is 6. The van der Waals surface area contributed by atoms with Crippen LogP contribution in [0, 0.1) is 5.82 Å². The van der Waals surface area contributed by atoms with Gasteiger partial charge in [0.05, 0.1) is 6.54 Å². The Kier molecular flexibility index (Phi) is 10.3. The highest BCUT2D eigenvalue weighted by Crippen LogP contribution is 2.16. The van der Waals surface area contributed by atoms with Crippen molar-refractivity contribution in [3.05, 3.63) is 63.1 Å². The number of aromatic nitrogens is 1. The highest BCUT2D eigenvalue weighted by atomic mass is 127. The average molecular weight is 542 g/mol. The Hall–Kier alpha value is -0.930. The molecular weight excluding hydrogens is 521 g/mol. The molecule has 2 aromatic rings. The molecule has 0 saturated carbocycles. The fourth-order valence-corrected chi connectivity index (χ4v) is 2.57. The van der Waals surface area contributed by atoms with E-state index in [1.54, 1.807) is 24.4 Å². The third kappa shape index (κ3) is 7.87. The molecule has 0 aliphatic heterocycles. The Labute approximate surface area is 177 Å². The maximum Gasteiger partial charge on any atom is 0.191 e. The van der Waals surface area contributed by atoms with Gasteiger partial charge in [-0.25, -0.2) is 14.4 Å². The van der Waals surface area contributed by atoms with Crippen molar-refractivity contribution < 1.29 is 4.39 Å². The summed E-state index contributed by atoms with van der Waals surface area (Å²) < 4.78 is 14.6. The first-order chi connectivity index (χ1) is 11.6. The van der Waals surface area contributed by atoms with E-state index in [0.717, 1.165) is 23.0 Å². The lowest BCUT2D eigenvalue weighted by Crippen LogP contribution is -2.38. The molecule has 1 aromatic carbocycles. The SMILES string of the molecule is CCNC(=NCc1cc(Br)ccc1F)NCCc1ccc(Cl)nc1.I. The van der Waals surface area contributed by atoms with Crippen molar-refractivity contribution in [1.29, 1.82) is 0 Å². The van der Waals surface area contributed by atoms with Crippen LogP contribution in [0.3, 0.4) is 0 Å². The molecule has 0 saturated heterocycles. The van der Waals surface area contributed by atoms with E-state index in [0.29, 0.717) is 23.2 Å². The number of halogens is 4. The van der Waals surface area contributed by atoms with Gasteiger partial charge in [-0.1, -0.05) is 33.6 Å². The van der Waals surface area contributed by atoms with Gasteiger partial charge < -0.3 is 10.6 Å². The van der Waals surface area contributed by atoms with E-state index in [-0.39, 0.29) is 36.3 Å². The van der Waals surface area contributed by atoms with Crippen LogP contribution < -0.4 is 10.6 Å². The van der Waals surface area contributed by atoms with Crippen LogP contribution in [0.4, 0.5) is 4.39 Å². The minimum Gasteiger partial charge on any atom is -0.357 e. The summed E-state index contributed by atoms with van der Waals surface area (Å²) in [7, 11) is 0. The molecule has 4 nitrogen and oxygen atoms in total. The molecule has 0 radical (unpaired) electrons. The molecule has 0 fully saturated rings. The van der Waals surface area contributed by atoms with Gasteiger partial charge in [-0.05, 0) is 43.2 Å². The Morgan fingerprint density at radius 2 is 2.08 bits per heavy atom. The van der Waals surface area contributed by atoms with Crippen LogP contribution >= 0.6 is 51.5 Å². The fourth-order valence-electron chi connectivity index (χ4n) is 2.05. The molecule has 8 heteroatoms. The normalized spacial score (nSPS) is 11.0. The summed E-state index contributed by atoms with van der Waals surface area (Å²) in [5.74, 6) is 0.392. The topological polar surface area (TPSA) is 49.3 Å². The first kappa shape index (κ1) is 22.1. The van der Waals surface area contributed by atoms with Gasteiger partial charge in [0.2, 0.25) is 0 Å². The minimum absolute atomic E-state index is 0. The number of nitrogens with zero attached hydrogens (tertiary/aromatic N) is 2. The number of benzene rings is 1. The molecule has 0 aliphatic carbocycles. The molecule has 2 rings (SSSR count). The average Bonchev–Trinajstić information content (AvgIpc) is 2.57. The second-order valence-electron chi connectivity index (χ2n) is 5.10. The number of nitrogens with one attached hydrogen (secondary N) is 2. The second-order valence-corrected chi connectivity index (χ2v) is 6.40. The van der Waals surface area contributed by atoms with Crippen LogP contribution in [0.5, 0.6) is 0 Å². The largest absolute Gasteiger partial charge is 0.357 e. The van der Waals surface area contributed by atoms with Gasteiger partial charge in [-0.15, -0.1) is 24.0 Å². The molecule has 0 spiro atoms. The van der Waals surface area contributed by atoms with Gasteiger partial charge in [0.15, 0.2) is 5.96 Å². The summed E-state index contributed by atoms with van der Waals surface area (Å²) >= 11 is 9.12. The van der Waals surface area contributed by atoms with Crippen LogP contribution in [0.2, 0.25) is 5.15 Å². The zero-order valence-corrected chi connectivity index (χ0v) is 18.4. The van der Waals surface area contributed by atoms with E-state index in [4.69, 9.17) is 11.6 Å². The minimum atomic E-state index is -0.259. The standard InChI is InChI=1S/C17H19BrClFN4.HI/c1-2-21-17(22-8-7-12-3-6-16(19)23-10-12)24-11-13-9-14(18)4-5-15(13)20;/h3-6,9-10H,2,7-8,11H2,1H3,(H2,21,22,24);1H. The zero-order valence-electron chi connectivity index (χ0n) is 13.7. The van der Waals surface area contributed by atoms with Gasteiger partial charge in [-0.3, -0.25) is 0 Å². The van der Waals surface area contributed by atoms with Crippen LogP contribution in [-0.2, 0) is 13.0 Å². The molecule has 25 heavy (non-hydrogen) atoms. The van der Waals surface area contributed by atoms with Crippen molar-refractivity contribution in [3.8, 4) is 0 Å². The predicted molar refractivity (Wildman–Crippen MR) is 115 cm³/mol. The Morgan fingerprint density at radius 1 is 1.28 bits per heavy atom. The zero-order chi connectivity index (χ0) is 17.4. The first-order valence-corrected chi connectivity index (χ1v) is 8.82. The number of pyridine rings is 1. The Bertz CT molecular complexity index is 698. The molecule has 136 valence electrons. The molecule has 1 heterocycles. The third-order valence-electron chi connectivity index (χ3n) is 3.25. The van der Waals surface area contributed by atoms with E-state index in [1.807, 2.05) is 13.0 Å². The number of hydrogen-bond donors (Lipinski definition) is 2. The summed E-state index contributed by atoms with van der Waals surface area (Å²) in [5.41, 5.74) is 1.63. The van der Waals surface area contributed by atoms with E-state index in [1.165, 1.54) is 6.07 Å². The van der Waals surface area contributed by atoms with E-state index < -0.39 is 0 Å². The highest BCUT2D eigenvalue weighted by Gasteiger charge is 2.04. The Balaban J connectivity index is 0.00000312. The van der Waals surface area contributed by atoms with Crippen LogP contribution in [0.15, 0.2) is 46.0 Å². The Morgan fingerprint density at radius 3 is 2.76 bits per heavy atom. The first-order valence-electron chi connectivity index (χ1n) is 7.65. The molecule has 2 N–H and O–H groups in total. The van der Waals surface area contributed by atoms with E-state index >= 15 is 0 Å². The van der Waals surface area contributed by atoms with Crippen LogP contribution in [0.25, 0.3) is 0 Å².